The van der Waals surface area contributed by atoms with Crippen molar-refractivity contribution in [2.24, 2.45) is 5.73 Å². The van der Waals surface area contributed by atoms with Crippen LogP contribution in [0.4, 0.5) is 5.69 Å². The molecule has 104 valence electrons. The van der Waals surface area contributed by atoms with Crippen molar-refractivity contribution in [1.82, 2.24) is 4.98 Å². The van der Waals surface area contributed by atoms with E-state index in [2.05, 4.69) is 4.98 Å². The number of nitrogens with zero attached hydrogens (tertiary/aromatic N) is 2. The summed E-state index contributed by atoms with van der Waals surface area (Å²) in [7, 11) is 0. The molecule has 4 nitrogen and oxygen atoms in total. The standard InChI is InChI=1S/C16H19N3O/c1-3-19(15-6-4-13(9-17)5-7-15)16(20)14-8-12(2)10-18-11-14/h4-8,10-11H,3,9,17H2,1-2H3. The van der Waals surface area contributed by atoms with Gasteiger partial charge in [0.15, 0.2) is 0 Å². The Morgan fingerprint density at radius 1 is 1.25 bits per heavy atom. The zero-order valence-electron chi connectivity index (χ0n) is 11.8. The molecule has 1 aromatic heterocycles. The molecule has 1 aromatic carbocycles. The van der Waals surface area contributed by atoms with Crippen molar-refractivity contribution in [3.8, 4) is 0 Å². The van der Waals surface area contributed by atoms with Crippen molar-refractivity contribution in [3.05, 3.63) is 59.4 Å². The molecular formula is C16H19N3O. The van der Waals surface area contributed by atoms with Gasteiger partial charge in [-0.15, -0.1) is 0 Å². The molecule has 0 saturated carbocycles. The maximum absolute atomic E-state index is 12.5. The third-order valence-corrected chi connectivity index (χ3v) is 3.17. The Labute approximate surface area is 119 Å². The van der Waals surface area contributed by atoms with E-state index in [0.717, 1.165) is 16.8 Å². The number of rotatable bonds is 4. The molecule has 2 rings (SSSR count). The van der Waals surface area contributed by atoms with Crippen LogP contribution in [0.5, 0.6) is 0 Å². The van der Waals surface area contributed by atoms with Crippen molar-refractivity contribution in [2.45, 2.75) is 20.4 Å². The van der Waals surface area contributed by atoms with E-state index in [4.69, 9.17) is 5.73 Å². The second-order valence-corrected chi connectivity index (χ2v) is 4.67. The highest BCUT2D eigenvalue weighted by atomic mass is 16.2. The molecule has 20 heavy (non-hydrogen) atoms. The SMILES string of the molecule is CCN(C(=O)c1cncc(C)c1)c1ccc(CN)cc1. The van der Waals surface area contributed by atoms with Gasteiger partial charge < -0.3 is 10.6 Å². The minimum atomic E-state index is -0.0378. The van der Waals surface area contributed by atoms with E-state index in [-0.39, 0.29) is 5.91 Å². The summed E-state index contributed by atoms with van der Waals surface area (Å²) in [5.74, 6) is -0.0378. The van der Waals surface area contributed by atoms with Crippen LogP contribution < -0.4 is 10.6 Å². The molecule has 0 radical (unpaired) electrons. The summed E-state index contributed by atoms with van der Waals surface area (Å²) in [6.45, 7) is 4.99. The van der Waals surface area contributed by atoms with Crippen LogP contribution in [0.2, 0.25) is 0 Å². The number of benzene rings is 1. The predicted octanol–water partition coefficient (Wildman–Crippen LogP) is 2.52. The molecule has 0 unspecified atom stereocenters. The van der Waals surface area contributed by atoms with Crippen molar-refractivity contribution in [3.63, 3.8) is 0 Å². The first-order valence-corrected chi connectivity index (χ1v) is 6.68. The zero-order valence-corrected chi connectivity index (χ0v) is 11.8. The van der Waals surface area contributed by atoms with E-state index in [9.17, 15) is 4.79 Å². The van der Waals surface area contributed by atoms with Crippen molar-refractivity contribution in [1.29, 1.82) is 0 Å². The molecule has 0 bridgehead atoms. The normalized spacial score (nSPS) is 10.3. The van der Waals surface area contributed by atoms with Gasteiger partial charge in [-0.05, 0) is 43.2 Å². The van der Waals surface area contributed by atoms with Crippen LogP contribution in [0.1, 0.15) is 28.4 Å². The largest absolute Gasteiger partial charge is 0.326 e. The van der Waals surface area contributed by atoms with Crippen LogP contribution in [0.15, 0.2) is 42.7 Å². The molecule has 1 heterocycles. The molecule has 0 spiro atoms. The number of hydrogen-bond acceptors (Lipinski definition) is 3. The lowest BCUT2D eigenvalue weighted by Gasteiger charge is -2.21. The molecule has 0 aliphatic heterocycles. The topological polar surface area (TPSA) is 59.2 Å². The maximum atomic E-state index is 12.5. The summed E-state index contributed by atoms with van der Waals surface area (Å²) in [5, 5.41) is 0. The highest BCUT2D eigenvalue weighted by molar-refractivity contribution is 6.05. The third kappa shape index (κ3) is 3.03. The van der Waals surface area contributed by atoms with Crippen molar-refractivity contribution >= 4 is 11.6 Å². The first-order valence-electron chi connectivity index (χ1n) is 6.68. The van der Waals surface area contributed by atoms with Crippen LogP contribution in [0.3, 0.4) is 0 Å². The van der Waals surface area contributed by atoms with Gasteiger partial charge in [0.2, 0.25) is 0 Å². The van der Waals surface area contributed by atoms with E-state index in [0.29, 0.717) is 18.7 Å². The zero-order chi connectivity index (χ0) is 14.5. The summed E-state index contributed by atoms with van der Waals surface area (Å²) in [5.41, 5.74) is 9.09. The molecule has 0 aliphatic rings. The number of pyridine rings is 1. The van der Waals surface area contributed by atoms with Gasteiger partial charge in [0.1, 0.15) is 0 Å². The molecule has 0 fully saturated rings. The van der Waals surface area contributed by atoms with Gasteiger partial charge in [-0.25, -0.2) is 0 Å². The lowest BCUT2D eigenvalue weighted by molar-refractivity contribution is 0.0988. The third-order valence-electron chi connectivity index (χ3n) is 3.17. The fourth-order valence-electron chi connectivity index (χ4n) is 2.08. The average Bonchev–Trinajstić information content (AvgIpc) is 2.48. The smallest absolute Gasteiger partial charge is 0.259 e. The summed E-state index contributed by atoms with van der Waals surface area (Å²) in [6, 6.07) is 9.59. The summed E-state index contributed by atoms with van der Waals surface area (Å²) >= 11 is 0. The number of anilines is 1. The number of aromatic nitrogens is 1. The number of hydrogen-bond donors (Lipinski definition) is 1. The Hall–Kier alpha value is -2.20. The lowest BCUT2D eigenvalue weighted by Crippen LogP contribution is -2.30. The molecule has 0 atom stereocenters. The number of carbonyl (C=O) groups excluding carboxylic acids is 1. The van der Waals surface area contributed by atoms with Gasteiger partial charge in [0.25, 0.3) is 5.91 Å². The van der Waals surface area contributed by atoms with Crippen molar-refractivity contribution in [2.75, 3.05) is 11.4 Å². The summed E-state index contributed by atoms with van der Waals surface area (Å²) < 4.78 is 0. The first kappa shape index (κ1) is 14.2. The minimum absolute atomic E-state index is 0.0378. The molecule has 0 saturated heterocycles. The molecular weight excluding hydrogens is 250 g/mol. The second-order valence-electron chi connectivity index (χ2n) is 4.67. The molecule has 4 heteroatoms. The number of aryl methyl sites for hydroxylation is 1. The van der Waals surface area contributed by atoms with Crippen LogP contribution in [0, 0.1) is 6.92 Å². The Balaban J connectivity index is 2.29. The van der Waals surface area contributed by atoms with Crippen LogP contribution in [0.25, 0.3) is 0 Å². The van der Waals surface area contributed by atoms with Gasteiger partial charge >= 0.3 is 0 Å². The highest BCUT2D eigenvalue weighted by Gasteiger charge is 2.16. The summed E-state index contributed by atoms with van der Waals surface area (Å²) in [6.07, 6.45) is 3.34. The Bertz CT molecular complexity index is 593. The predicted molar refractivity (Wildman–Crippen MR) is 80.7 cm³/mol. The first-order chi connectivity index (χ1) is 9.65. The summed E-state index contributed by atoms with van der Waals surface area (Å²) in [4.78, 5) is 18.4. The van der Waals surface area contributed by atoms with Crippen LogP contribution in [-0.2, 0) is 6.54 Å². The Kier molecular flexibility index (Phi) is 4.48. The maximum Gasteiger partial charge on any atom is 0.259 e. The van der Waals surface area contributed by atoms with E-state index in [1.54, 1.807) is 17.3 Å². The molecule has 0 aliphatic carbocycles. The second kappa shape index (κ2) is 6.30. The molecule has 1 amide bonds. The molecule has 2 N–H and O–H groups in total. The average molecular weight is 269 g/mol. The van der Waals surface area contributed by atoms with Gasteiger partial charge in [-0.1, -0.05) is 12.1 Å². The number of amides is 1. The van der Waals surface area contributed by atoms with E-state index < -0.39 is 0 Å². The van der Waals surface area contributed by atoms with E-state index >= 15 is 0 Å². The number of nitrogens with two attached hydrogens (primary N) is 1. The quantitative estimate of drug-likeness (QED) is 0.927. The van der Waals surface area contributed by atoms with E-state index in [1.807, 2.05) is 44.2 Å². The Morgan fingerprint density at radius 3 is 2.50 bits per heavy atom. The van der Waals surface area contributed by atoms with E-state index in [1.165, 1.54) is 0 Å². The monoisotopic (exact) mass is 269 g/mol. The van der Waals surface area contributed by atoms with Gasteiger partial charge in [0, 0.05) is 31.2 Å². The minimum Gasteiger partial charge on any atom is -0.326 e. The fraction of sp³-hybridized carbons (Fsp3) is 0.250. The highest BCUT2D eigenvalue weighted by Crippen LogP contribution is 2.18. The van der Waals surface area contributed by atoms with Crippen LogP contribution in [-0.4, -0.2) is 17.4 Å². The van der Waals surface area contributed by atoms with Crippen molar-refractivity contribution < 1.29 is 4.79 Å². The van der Waals surface area contributed by atoms with Gasteiger partial charge in [-0.2, -0.15) is 0 Å². The van der Waals surface area contributed by atoms with Gasteiger partial charge in [-0.3, -0.25) is 9.78 Å². The number of carbonyl (C=O) groups is 1. The molecule has 2 aromatic rings. The Morgan fingerprint density at radius 2 is 1.95 bits per heavy atom. The van der Waals surface area contributed by atoms with Crippen LogP contribution >= 0.6 is 0 Å². The fourth-order valence-corrected chi connectivity index (χ4v) is 2.08. The van der Waals surface area contributed by atoms with Gasteiger partial charge in [0.05, 0.1) is 5.56 Å². The lowest BCUT2D eigenvalue weighted by atomic mass is 10.1.